The third kappa shape index (κ3) is 13.2. The minimum atomic E-state index is 0.954. The van der Waals surface area contributed by atoms with E-state index in [0.717, 1.165) is 13.1 Å². The van der Waals surface area contributed by atoms with E-state index in [9.17, 15) is 0 Å². The summed E-state index contributed by atoms with van der Waals surface area (Å²) in [5.41, 5.74) is 0. The summed E-state index contributed by atoms with van der Waals surface area (Å²) >= 11 is 0. The van der Waals surface area contributed by atoms with Gasteiger partial charge in [0.15, 0.2) is 0 Å². The molecular formula is C20H40N2. The molecule has 0 heterocycles. The lowest BCUT2D eigenvalue weighted by Crippen LogP contribution is -2.28. The minimum absolute atomic E-state index is 0.954. The van der Waals surface area contributed by atoms with Gasteiger partial charge in [-0.2, -0.15) is 0 Å². The molecule has 0 amide bonds. The lowest BCUT2D eigenvalue weighted by atomic mass is 10.2. The number of nitrogens with zero attached hydrogens (tertiary/aromatic N) is 2. The van der Waals surface area contributed by atoms with Gasteiger partial charge in [0, 0.05) is 0 Å². The van der Waals surface area contributed by atoms with Crippen molar-refractivity contribution in [3.05, 3.63) is 0 Å². The van der Waals surface area contributed by atoms with E-state index in [-0.39, 0.29) is 0 Å². The van der Waals surface area contributed by atoms with Crippen molar-refractivity contribution in [1.82, 2.24) is 9.80 Å². The van der Waals surface area contributed by atoms with E-state index in [1.165, 1.54) is 77.5 Å². The summed E-state index contributed by atoms with van der Waals surface area (Å²) in [6.45, 7) is 15.8. The van der Waals surface area contributed by atoms with Gasteiger partial charge < -0.3 is 0 Å². The monoisotopic (exact) mass is 308 g/mol. The first-order valence-corrected chi connectivity index (χ1v) is 9.68. The van der Waals surface area contributed by atoms with Crippen LogP contribution in [0.1, 0.15) is 79.1 Å². The number of rotatable bonds is 14. The summed E-state index contributed by atoms with van der Waals surface area (Å²) in [7, 11) is 0. The van der Waals surface area contributed by atoms with Crippen LogP contribution in [0, 0.1) is 11.8 Å². The Balaban J connectivity index is 4.16. The van der Waals surface area contributed by atoms with Gasteiger partial charge in [0.05, 0.1) is 13.1 Å². The van der Waals surface area contributed by atoms with E-state index in [0.29, 0.717) is 0 Å². The van der Waals surface area contributed by atoms with Crippen molar-refractivity contribution in [3.63, 3.8) is 0 Å². The van der Waals surface area contributed by atoms with E-state index in [4.69, 9.17) is 0 Å². The van der Waals surface area contributed by atoms with Gasteiger partial charge in [0.2, 0.25) is 0 Å². The number of hydrogen-bond donors (Lipinski definition) is 0. The quantitative estimate of drug-likeness (QED) is 0.426. The molecule has 0 rings (SSSR count). The first kappa shape index (κ1) is 21.5. The van der Waals surface area contributed by atoms with Gasteiger partial charge >= 0.3 is 0 Å². The molecule has 0 aliphatic heterocycles. The molecule has 0 atom stereocenters. The maximum absolute atomic E-state index is 3.42. The van der Waals surface area contributed by atoms with Crippen molar-refractivity contribution in [1.29, 1.82) is 0 Å². The summed E-state index contributed by atoms with van der Waals surface area (Å²) in [5.74, 6) is 6.84. The maximum atomic E-state index is 3.42. The predicted octanol–water partition coefficient (Wildman–Crippen LogP) is 4.79. The Morgan fingerprint density at radius 2 is 0.773 bits per heavy atom. The summed E-state index contributed by atoms with van der Waals surface area (Å²) in [5, 5.41) is 0. The van der Waals surface area contributed by atoms with E-state index >= 15 is 0 Å². The van der Waals surface area contributed by atoms with Crippen LogP contribution in [-0.4, -0.2) is 49.1 Å². The van der Waals surface area contributed by atoms with Crippen molar-refractivity contribution in [2.75, 3.05) is 39.3 Å². The zero-order chi connectivity index (χ0) is 16.5. The lowest BCUT2D eigenvalue weighted by Gasteiger charge is -2.20. The standard InChI is InChI=1S/C20H40N2/c1-5-9-15-21(16-10-6-2)19-13-14-20-22(17-11-7-3)18-12-8-4/h5-12,15-20H2,1-4H3. The average Bonchev–Trinajstić information content (AvgIpc) is 2.54. The highest BCUT2D eigenvalue weighted by Gasteiger charge is 2.03. The van der Waals surface area contributed by atoms with Crippen LogP contribution in [0.25, 0.3) is 0 Å². The zero-order valence-corrected chi connectivity index (χ0v) is 15.8. The Kier molecular flexibility index (Phi) is 16.4. The molecule has 0 saturated heterocycles. The second-order valence-corrected chi connectivity index (χ2v) is 6.32. The molecule has 0 bridgehead atoms. The fourth-order valence-electron chi connectivity index (χ4n) is 2.40. The van der Waals surface area contributed by atoms with Crippen molar-refractivity contribution in [2.24, 2.45) is 0 Å². The van der Waals surface area contributed by atoms with Crippen molar-refractivity contribution < 1.29 is 0 Å². The SMILES string of the molecule is CCCCN(CC#CCN(CCCC)CCCC)CCCC. The molecule has 0 aromatic carbocycles. The van der Waals surface area contributed by atoms with Gasteiger partial charge in [-0.25, -0.2) is 0 Å². The second kappa shape index (κ2) is 16.8. The van der Waals surface area contributed by atoms with Crippen LogP contribution >= 0.6 is 0 Å². The molecular weight excluding hydrogens is 268 g/mol. The molecule has 0 fully saturated rings. The van der Waals surface area contributed by atoms with Crippen molar-refractivity contribution in [2.45, 2.75) is 79.1 Å². The highest BCUT2D eigenvalue weighted by atomic mass is 15.1. The molecule has 130 valence electrons. The zero-order valence-electron chi connectivity index (χ0n) is 15.8. The molecule has 2 heteroatoms. The van der Waals surface area contributed by atoms with E-state index in [1.807, 2.05) is 0 Å². The topological polar surface area (TPSA) is 6.48 Å². The van der Waals surface area contributed by atoms with Gasteiger partial charge in [-0.05, 0) is 51.9 Å². The van der Waals surface area contributed by atoms with Crippen LogP contribution in [-0.2, 0) is 0 Å². The first-order valence-electron chi connectivity index (χ1n) is 9.68. The number of hydrogen-bond acceptors (Lipinski definition) is 2. The predicted molar refractivity (Wildman–Crippen MR) is 100 cm³/mol. The molecule has 22 heavy (non-hydrogen) atoms. The van der Waals surface area contributed by atoms with Crippen molar-refractivity contribution in [3.8, 4) is 11.8 Å². The van der Waals surface area contributed by atoms with Crippen LogP contribution in [0.2, 0.25) is 0 Å². The molecule has 0 N–H and O–H groups in total. The van der Waals surface area contributed by atoms with Crippen LogP contribution < -0.4 is 0 Å². The van der Waals surface area contributed by atoms with Gasteiger partial charge in [0.25, 0.3) is 0 Å². The van der Waals surface area contributed by atoms with Crippen LogP contribution in [0.15, 0.2) is 0 Å². The van der Waals surface area contributed by atoms with Gasteiger partial charge in [-0.1, -0.05) is 65.2 Å². The maximum Gasteiger partial charge on any atom is 0.0602 e. The van der Waals surface area contributed by atoms with Gasteiger partial charge in [-0.3, -0.25) is 9.80 Å². The lowest BCUT2D eigenvalue weighted by molar-refractivity contribution is 0.292. The average molecular weight is 309 g/mol. The smallest absolute Gasteiger partial charge is 0.0602 e. The largest absolute Gasteiger partial charge is 0.292 e. The third-order valence-electron chi connectivity index (χ3n) is 4.04. The normalized spacial score (nSPS) is 11.0. The minimum Gasteiger partial charge on any atom is -0.292 e. The molecule has 0 saturated carbocycles. The summed E-state index contributed by atoms with van der Waals surface area (Å²) in [6.07, 6.45) is 10.3. The molecule has 0 aliphatic rings. The molecule has 2 nitrogen and oxygen atoms in total. The summed E-state index contributed by atoms with van der Waals surface area (Å²) < 4.78 is 0. The third-order valence-corrected chi connectivity index (χ3v) is 4.04. The molecule has 0 aliphatic carbocycles. The molecule has 0 spiro atoms. The highest BCUT2D eigenvalue weighted by molar-refractivity contribution is 5.03. The highest BCUT2D eigenvalue weighted by Crippen LogP contribution is 2.00. The summed E-state index contributed by atoms with van der Waals surface area (Å²) in [4.78, 5) is 5.06. The molecule has 0 aromatic rings. The summed E-state index contributed by atoms with van der Waals surface area (Å²) in [6, 6.07) is 0. The Hall–Kier alpha value is -0.520. The van der Waals surface area contributed by atoms with Crippen LogP contribution in [0.5, 0.6) is 0 Å². The molecule has 0 aromatic heterocycles. The van der Waals surface area contributed by atoms with Gasteiger partial charge in [0.1, 0.15) is 0 Å². The molecule has 0 unspecified atom stereocenters. The van der Waals surface area contributed by atoms with E-state index < -0.39 is 0 Å². The fraction of sp³-hybridized carbons (Fsp3) is 0.900. The molecule has 0 radical (unpaired) electrons. The van der Waals surface area contributed by atoms with Crippen LogP contribution in [0.3, 0.4) is 0 Å². The fourth-order valence-corrected chi connectivity index (χ4v) is 2.40. The Labute approximate surface area is 140 Å². The van der Waals surface area contributed by atoms with Gasteiger partial charge in [-0.15, -0.1) is 0 Å². The Morgan fingerprint density at radius 3 is 1.00 bits per heavy atom. The first-order chi connectivity index (χ1) is 10.8. The number of unbranched alkanes of at least 4 members (excludes halogenated alkanes) is 4. The Morgan fingerprint density at radius 1 is 0.500 bits per heavy atom. The van der Waals surface area contributed by atoms with Crippen LogP contribution in [0.4, 0.5) is 0 Å². The van der Waals surface area contributed by atoms with E-state index in [2.05, 4.69) is 49.3 Å². The second-order valence-electron chi connectivity index (χ2n) is 6.32. The van der Waals surface area contributed by atoms with E-state index in [1.54, 1.807) is 0 Å². The van der Waals surface area contributed by atoms with Crippen molar-refractivity contribution >= 4 is 0 Å². The Bertz CT molecular complexity index is 235.